The van der Waals surface area contributed by atoms with Crippen molar-refractivity contribution >= 4 is 151 Å². The van der Waals surface area contributed by atoms with Crippen LogP contribution in [-0.2, 0) is 0 Å². The average molecular weight is 652 g/mol. The zero-order valence-electron chi connectivity index (χ0n) is 28.7. The van der Waals surface area contributed by atoms with Crippen molar-refractivity contribution in [2.45, 2.75) is 37.8 Å². The van der Waals surface area contributed by atoms with Crippen molar-refractivity contribution < 1.29 is 0 Å². The van der Waals surface area contributed by atoms with E-state index >= 15 is 0 Å². The van der Waals surface area contributed by atoms with Crippen LogP contribution in [0.4, 0.5) is 0 Å². The van der Waals surface area contributed by atoms with Gasteiger partial charge in [0.25, 0.3) is 0 Å². The van der Waals surface area contributed by atoms with Gasteiger partial charge in [0.15, 0.2) is 0 Å². The summed E-state index contributed by atoms with van der Waals surface area (Å²) in [5, 5.41) is 43.4. The minimum Gasteiger partial charge on any atom is -0.295 e. The Hall–Kier alpha value is -5.76. The minimum atomic E-state index is 0.319. The molecule has 1 aliphatic carbocycles. The van der Waals surface area contributed by atoms with Gasteiger partial charge in [-0.3, -0.25) is 4.90 Å². The smallest absolute Gasteiger partial charge is 0.0423 e. The second-order valence-corrected chi connectivity index (χ2v) is 17.8. The summed E-state index contributed by atoms with van der Waals surface area (Å²) >= 11 is 0. The van der Waals surface area contributed by atoms with E-state index < -0.39 is 0 Å². The molecule has 2 aliphatic rings. The van der Waals surface area contributed by atoms with Gasteiger partial charge in [-0.05, 0) is 188 Å². The first-order valence-electron chi connectivity index (χ1n) is 19.4. The minimum absolute atomic E-state index is 0.319. The third-order valence-electron chi connectivity index (χ3n) is 16.5. The van der Waals surface area contributed by atoms with Crippen molar-refractivity contribution in [1.29, 1.82) is 0 Å². The van der Waals surface area contributed by atoms with Crippen LogP contribution in [0.15, 0.2) is 72.8 Å². The lowest BCUT2D eigenvalue weighted by Crippen LogP contribution is -2.27. The highest BCUT2D eigenvalue weighted by atomic mass is 15.2. The summed E-state index contributed by atoms with van der Waals surface area (Å²) in [6.45, 7) is 4.77. The van der Waals surface area contributed by atoms with E-state index in [0.29, 0.717) is 23.9 Å². The van der Waals surface area contributed by atoms with Gasteiger partial charge in [0.1, 0.15) is 0 Å². The van der Waals surface area contributed by atoms with Gasteiger partial charge in [0.05, 0.1) is 0 Å². The summed E-state index contributed by atoms with van der Waals surface area (Å²) in [5.74, 6) is 0.799. The molecule has 0 bridgehead atoms. The van der Waals surface area contributed by atoms with Gasteiger partial charge in [-0.15, -0.1) is 0 Å². The molecule has 4 unspecified atom stereocenters. The molecular formula is C51H25N. The Bertz CT molecular complexity index is 4180. The monoisotopic (exact) mass is 651 g/mol. The highest BCUT2D eigenvalue weighted by Gasteiger charge is 2.53. The van der Waals surface area contributed by atoms with Gasteiger partial charge in [0.2, 0.25) is 0 Å². The number of nitrogens with zero attached hydrogens (tertiary/aromatic N) is 1. The Balaban J connectivity index is 1.26. The van der Waals surface area contributed by atoms with Crippen molar-refractivity contribution in [3.05, 3.63) is 95.1 Å². The fraction of sp³-hybridized carbons (Fsp3) is 0.137. The Morgan fingerprint density at radius 2 is 0.654 bits per heavy atom. The summed E-state index contributed by atoms with van der Waals surface area (Å²) in [6, 6.07) is 30.5. The van der Waals surface area contributed by atoms with E-state index in [1.165, 1.54) is 70.4 Å². The highest BCUT2D eigenvalue weighted by Crippen LogP contribution is 2.72. The predicted molar refractivity (Wildman–Crippen MR) is 222 cm³/mol. The number of likely N-dealkylation sites (tertiary alicyclic amines) is 1. The lowest BCUT2D eigenvalue weighted by atomic mass is 9.71. The van der Waals surface area contributed by atoms with E-state index in [1.54, 1.807) is 103 Å². The number of benzene rings is 10. The van der Waals surface area contributed by atoms with Gasteiger partial charge < -0.3 is 0 Å². The Morgan fingerprint density at radius 3 is 1.06 bits per heavy atom. The first-order chi connectivity index (χ1) is 25.6. The fourth-order valence-electron chi connectivity index (χ4n) is 15.0. The number of fused-ring (bicyclic) bond motifs is 8. The molecule has 16 aromatic rings. The Labute approximate surface area is 294 Å². The fourth-order valence-corrected chi connectivity index (χ4v) is 15.0. The van der Waals surface area contributed by atoms with Crippen LogP contribution in [0.25, 0.3) is 151 Å². The number of hydrogen-bond donors (Lipinski definition) is 0. The molecular weight excluding hydrogens is 627 g/mol. The second kappa shape index (κ2) is 6.44. The van der Waals surface area contributed by atoms with Crippen molar-refractivity contribution in [3.8, 4) is 0 Å². The average Bonchev–Trinajstić information content (AvgIpc) is 4.01. The van der Waals surface area contributed by atoms with Crippen LogP contribution < -0.4 is 0 Å². The van der Waals surface area contributed by atoms with Crippen LogP contribution in [-0.4, -0.2) is 18.0 Å². The van der Waals surface area contributed by atoms with E-state index in [1.807, 2.05) is 0 Å². The zero-order chi connectivity index (χ0) is 32.8. The van der Waals surface area contributed by atoms with E-state index in [4.69, 9.17) is 0 Å². The number of rotatable bonds is 1. The zero-order valence-corrected chi connectivity index (χ0v) is 28.7. The lowest BCUT2D eigenvalue weighted by Gasteiger charge is -2.31. The summed E-state index contributed by atoms with van der Waals surface area (Å²) in [5.41, 5.74) is 6.12. The summed E-state index contributed by atoms with van der Waals surface area (Å²) in [7, 11) is 2.43. The van der Waals surface area contributed by atoms with Gasteiger partial charge in [-0.1, -0.05) is 78.4 Å². The lowest BCUT2D eigenvalue weighted by molar-refractivity contribution is 0.247. The van der Waals surface area contributed by atoms with Crippen molar-refractivity contribution in [1.82, 2.24) is 4.90 Å². The molecule has 4 atom stereocenters. The van der Waals surface area contributed by atoms with E-state index in [2.05, 4.69) is 98.6 Å². The molecule has 0 amide bonds. The van der Waals surface area contributed by atoms with Gasteiger partial charge in [-0.2, -0.15) is 0 Å². The Kier molecular flexibility index (Phi) is 2.93. The first kappa shape index (κ1) is 23.7. The number of likely N-dealkylation sites (N-methyl/N-ethyl adjacent to an activating group) is 1. The molecule has 1 nitrogen and oxygen atoms in total. The summed E-state index contributed by atoms with van der Waals surface area (Å²) < 4.78 is 0. The molecule has 0 spiro atoms. The summed E-state index contributed by atoms with van der Waals surface area (Å²) in [4.78, 5) is 2.75. The van der Waals surface area contributed by atoms with Crippen LogP contribution in [0.3, 0.4) is 0 Å². The second-order valence-electron chi connectivity index (χ2n) is 17.8. The standard InChI is InChI=1S/C51H25N/c1-16-4-6-18(7-5-16)51-50-27(17(2)52(51)3)34-25-14-12-23-21-10-8-19-20-9-11-22-24-13-15-26-36-33(24)40-31(22)29(20)38-28(19)30(21)39-32(23)35(25)42-41(34)44(37(26)50)43(36)49-47(40)45(38)46(39)48(42)49/h4-15,17,27,50-51H,1-3H3. The maximum Gasteiger partial charge on any atom is 0.0423 e. The molecule has 0 N–H and O–H groups in total. The molecule has 0 saturated carbocycles. The van der Waals surface area contributed by atoms with E-state index in [0.717, 1.165) is 0 Å². The molecule has 1 saturated heterocycles. The maximum absolute atomic E-state index is 2.75. The molecule has 52 heavy (non-hydrogen) atoms. The van der Waals surface area contributed by atoms with Crippen LogP contribution in [0.1, 0.15) is 47.1 Å². The molecule has 0 aromatic heterocycles. The van der Waals surface area contributed by atoms with Gasteiger partial charge in [0, 0.05) is 23.9 Å². The number of hydrogen-bond acceptors (Lipinski definition) is 1. The topological polar surface area (TPSA) is 3.24 Å². The van der Waals surface area contributed by atoms with Crippen LogP contribution in [0.2, 0.25) is 0 Å². The van der Waals surface area contributed by atoms with E-state index in [9.17, 15) is 0 Å². The normalized spacial score (nSPS) is 22.4. The molecule has 0 radical (unpaired) electrons. The summed E-state index contributed by atoms with van der Waals surface area (Å²) in [6.07, 6.45) is 0. The largest absolute Gasteiger partial charge is 0.295 e. The van der Waals surface area contributed by atoms with Crippen molar-refractivity contribution in [2.24, 2.45) is 0 Å². The van der Waals surface area contributed by atoms with Crippen molar-refractivity contribution in [3.63, 3.8) is 0 Å². The predicted octanol–water partition coefficient (Wildman–Crippen LogP) is 13.6. The quantitative estimate of drug-likeness (QED) is 0.160. The van der Waals surface area contributed by atoms with Crippen LogP contribution >= 0.6 is 0 Å². The molecule has 1 fully saturated rings. The Morgan fingerprint density at radius 1 is 0.346 bits per heavy atom. The SMILES string of the molecule is Cc1ccc(C2C3c4c5ccc6c7ccc8c9ccc%10c%11ccc%12c(c%13c4c4c5c6c5c7c8c6c9c%10c7c%11c%12c%13c8c4c5c6c78)C3C(C)N2C)cc1. The van der Waals surface area contributed by atoms with Crippen LogP contribution in [0.5, 0.6) is 0 Å². The highest BCUT2D eigenvalue weighted by molar-refractivity contribution is 6.69. The first-order valence-corrected chi connectivity index (χ1v) is 19.4. The third kappa shape index (κ3) is 1.77. The van der Waals surface area contributed by atoms with Crippen LogP contribution in [0, 0.1) is 6.92 Å². The molecule has 1 heterocycles. The molecule has 1 aliphatic heterocycles. The van der Waals surface area contributed by atoms with E-state index in [-0.39, 0.29) is 0 Å². The molecule has 234 valence electrons. The maximum atomic E-state index is 2.75. The molecule has 1 heteroatoms. The number of aryl methyl sites for hydroxylation is 1. The third-order valence-corrected chi connectivity index (χ3v) is 16.5. The van der Waals surface area contributed by atoms with Gasteiger partial charge in [-0.25, -0.2) is 0 Å². The molecule has 18 rings (SSSR count). The van der Waals surface area contributed by atoms with Crippen molar-refractivity contribution in [2.75, 3.05) is 7.05 Å². The van der Waals surface area contributed by atoms with Gasteiger partial charge >= 0.3 is 0 Å². The molecule has 16 aromatic carbocycles.